The molecule has 0 radical (unpaired) electrons. The number of esters is 1. The zero-order valence-corrected chi connectivity index (χ0v) is 16.5. The summed E-state index contributed by atoms with van der Waals surface area (Å²) in [5.41, 5.74) is 2.19. The van der Waals surface area contributed by atoms with Crippen molar-refractivity contribution in [1.82, 2.24) is 5.32 Å². The maximum atomic E-state index is 11.8. The molecule has 144 valence electrons. The molecule has 0 fully saturated rings. The van der Waals surface area contributed by atoms with Gasteiger partial charge in [-0.1, -0.05) is 12.1 Å². The highest BCUT2D eigenvalue weighted by molar-refractivity contribution is 7.80. The van der Waals surface area contributed by atoms with Crippen LogP contribution in [0.4, 0.5) is 5.69 Å². The van der Waals surface area contributed by atoms with Gasteiger partial charge in [0.15, 0.2) is 16.6 Å². The second-order valence-corrected chi connectivity index (χ2v) is 5.94. The van der Waals surface area contributed by atoms with Crippen molar-refractivity contribution in [3.63, 3.8) is 0 Å². The molecule has 2 N–H and O–H groups in total. The minimum absolute atomic E-state index is 0.335. The predicted molar refractivity (Wildman–Crippen MR) is 110 cm³/mol. The van der Waals surface area contributed by atoms with E-state index in [0.717, 1.165) is 5.56 Å². The Morgan fingerprint density at radius 1 is 1.07 bits per heavy atom. The third kappa shape index (κ3) is 6.14. The lowest BCUT2D eigenvalue weighted by molar-refractivity contribution is 0.0526. The Kier molecular flexibility index (Phi) is 7.88. The van der Waals surface area contributed by atoms with Gasteiger partial charge in [-0.15, -0.1) is 0 Å². The van der Waals surface area contributed by atoms with Gasteiger partial charge in [-0.2, -0.15) is 0 Å². The summed E-state index contributed by atoms with van der Waals surface area (Å²) in [5.74, 6) is 1.03. The van der Waals surface area contributed by atoms with E-state index in [1.165, 1.54) is 0 Å². The summed E-state index contributed by atoms with van der Waals surface area (Å²) < 4.78 is 15.9. The number of hydrogen-bond donors (Lipinski definition) is 2. The molecule has 0 unspecified atom stereocenters. The van der Waals surface area contributed by atoms with Gasteiger partial charge in [0.1, 0.15) is 0 Å². The van der Waals surface area contributed by atoms with E-state index in [-0.39, 0.29) is 5.97 Å². The molecule has 0 atom stereocenters. The number of benzene rings is 2. The van der Waals surface area contributed by atoms with Crippen LogP contribution in [-0.4, -0.2) is 31.4 Å². The van der Waals surface area contributed by atoms with E-state index in [1.807, 2.05) is 31.2 Å². The van der Waals surface area contributed by atoms with E-state index >= 15 is 0 Å². The van der Waals surface area contributed by atoms with Crippen molar-refractivity contribution in [2.75, 3.05) is 25.6 Å². The van der Waals surface area contributed by atoms with Crippen LogP contribution < -0.4 is 20.1 Å². The number of ether oxygens (including phenoxy) is 3. The molecule has 27 heavy (non-hydrogen) atoms. The van der Waals surface area contributed by atoms with Crippen LogP contribution in [0, 0.1) is 0 Å². The fourth-order valence-electron chi connectivity index (χ4n) is 2.40. The first-order valence-electron chi connectivity index (χ1n) is 8.69. The predicted octanol–water partition coefficient (Wildman–Crippen LogP) is 3.76. The lowest BCUT2D eigenvalue weighted by Gasteiger charge is -2.13. The number of anilines is 1. The molecule has 7 heteroatoms. The lowest BCUT2D eigenvalue weighted by Crippen LogP contribution is -2.28. The van der Waals surface area contributed by atoms with Crippen LogP contribution in [0.25, 0.3) is 0 Å². The highest BCUT2D eigenvalue weighted by Gasteiger charge is 2.08. The SMILES string of the molecule is CCOC(=O)c1cccc(NC(=S)NCc2ccc(OC)c(OCC)c2)c1. The zero-order valence-electron chi connectivity index (χ0n) is 15.7. The molecule has 6 nitrogen and oxygen atoms in total. The van der Waals surface area contributed by atoms with E-state index in [1.54, 1.807) is 32.2 Å². The monoisotopic (exact) mass is 388 g/mol. The first-order valence-corrected chi connectivity index (χ1v) is 9.10. The van der Waals surface area contributed by atoms with Crippen molar-refractivity contribution in [1.29, 1.82) is 0 Å². The number of thiocarbonyl (C=S) groups is 1. The number of hydrogen-bond acceptors (Lipinski definition) is 5. The highest BCUT2D eigenvalue weighted by atomic mass is 32.1. The number of carbonyl (C=O) groups is 1. The van der Waals surface area contributed by atoms with Crippen molar-refractivity contribution in [2.24, 2.45) is 0 Å². The van der Waals surface area contributed by atoms with Crippen molar-refractivity contribution in [3.05, 3.63) is 53.6 Å². The van der Waals surface area contributed by atoms with E-state index in [2.05, 4.69) is 10.6 Å². The highest BCUT2D eigenvalue weighted by Crippen LogP contribution is 2.28. The molecule has 0 aliphatic carbocycles. The molecule has 2 rings (SSSR count). The summed E-state index contributed by atoms with van der Waals surface area (Å²) in [6, 6.07) is 12.7. The Balaban J connectivity index is 1.96. The Labute approximate surface area is 164 Å². The summed E-state index contributed by atoms with van der Waals surface area (Å²) in [7, 11) is 1.61. The minimum atomic E-state index is -0.360. The molecule has 2 aromatic rings. The summed E-state index contributed by atoms with van der Waals surface area (Å²) in [6.07, 6.45) is 0. The van der Waals surface area contributed by atoms with Crippen LogP contribution in [0.2, 0.25) is 0 Å². The molecule has 0 aromatic heterocycles. The van der Waals surface area contributed by atoms with Gasteiger partial charge < -0.3 is 24.8 Å². The van der Waals surface area contributed by atoms with Crippen molar-refractivity contribution >= 4 is 29.0 Å². The lowest BCUT2D eigenvalue weighted by atomic mass is 10.2. The average molecular weight is 388 g/mol. The normalized spacial score (nSPS) is 10.0. The van der Waals surface area contributed by atoms with Gasteiger partial charge in [-0.05, 0) is 62.0 Å². The zero-order chi connectivity index (χ0) is 19.6. The first-order chi connectivity index (χ1) is 13.1. The molecule has 0 aliphatic heterocycles. The quantitative estimate of drug-likeness (QED) is 0.527. The third-order valence-electron chi connectivity index (χ3n) is 3.61. The molecule has 0 bridgehead atoms. The summed E-state index contributed by atoms with van der Waals surface area (Å²) in [5, 5.41) is 6.65. The van der Waals surface area contributed by atoms with Gasteiger partial charge in [0.25, 0.3) is 0 Å². The van der Waals surface area contributed by atoms with Crippen molar-refractivity contribution < 1.29 is 19.0 Å². The van der Waals surface area contributed by atoms with Gasteiger partial charge in [0.2, 0.25) is 0 Å². The van der Waals surface area contributed by atoms with Crippen LogP contribution in [0.3, 0.4) is 0 Å². The molecule has 0 amide bonds. The van der Waals surface area contributed by atoms with Crippen LogP contribution in [0.15, 0.2) is 42.5 Å². The number of carbonyl (C=O) groups excluding carboxylic acids is 1. The van der Waals surface area contributed by atoms with Crippen LogP contribution in [-0.2, 0) is 11.3 Å². The minimum Gasteiger partial charge on any atom is -0.493 e. The number of rotatable bonds is 8. The summed E-state index contributed by atoms with van der Waals surface area (Å²) in [6.45, 7) is 5.11. The first kappa shape index (κ1) is 20.5. The maximum Gasteiger partial charge on any atom is 0.338 e. The van der Waals surface area contributed by atoms with Gasteiger partial charge >= 0.3 is 5.97 Å². The van der Waals surface area contributed by atoms with Gasteiger partial charge in [0, 0.05) is 12.2 Å². The fourth-order valence-corrected chi connectivity index (χ4v) is 2.59. The number of methoxy groups -OCH3 is 1. The molecular formula is C20H24N2O4S. The molecule has 0 aliphatic rings. The van der Waals surface area contributed by atoms with Gasteiger partial charge in [-0.25, -0.2) is 4.79 Å². The smallest absolute Gasteiger partial charge is 0.338 e. The maximum absolute atomic E-state index is 11.8. The molecule has 0 spiro atoms. The van der Waals surface area contributed by atoms with Crippen molar-refractivity contribution in [3.8, 4) is 11.5 Å². The third-order valence-corrected chi connectivity index (χ3v) is 3.86. The van der Waals surface area contributed by atoms with Crippen LogP contribution >= 0.6 is 12.2 Å². The van der Waals surface area contributed by atoms with Gasteiger partial charge in [-0.3, -0.25) is 0 Å². The molecule has 0 saturated carbocycles. The Morgan fingerprint density at radius 3 is 2.59 bits per heavy atom. The van der Waals surface area contributed by atoms with Gasteiger partial charge in [0.05, 0.1) is 25.9 Å². The van der Waals surface area contributed by atoms with Crippen LogP contribution in [0.5, 0.6) is 11.5 Å². The van der Waals surface area contributed by atoms with Crippen LogP contribution in [0.1, 0.15) is 29.8 Å². The second-order valence-electron chi connectivity index (χ2n) is 5.53. The molecule has 0 heterocycles. The van der Waals surface area contributed by atoms with E-state index < -0.39 is 0 Å². The van der Waals surface area contributed by atoms with E-state index in [9.17, 15) is 4.79 Å². The molecular weight excluding hydrogens is 364 g/mol. The Morgan fingerprint density at radius 2 is 1.89 bits per heavy atom. The van der Waals surface area contributed by atoms with E-state index in [0.29, 0.717) is 47.6 Å². The largest absolute Gasteiger partial charge is 0.493 e. The summed E-state index contributed by atoms with van der Waals surface area (Å²) in [4.78, 5) is 11.8. The van der Waals surface area contributed by atoms with E-state index in [4.69, 9.17) is 26.4 Å². The fraction of sp³-hybridized carbons (Fsp3) is 0.300. The second kappa shape index (κ2) is 10.4. The Bertz CT molecular complexity index is 795. The Hall–Kier alpha value is -2.80. The van der Waals surface area contributed by atoms with Crippen molar-refractivity contribution in [2.45, 2.75) is 20.4 Å². The average Bonchev–Trinajstić information content (AvgIpc) is 2.67. The number of nitrogens with one attached hydrogen (secondary N) is 2. The molecule has 2 aromatic carbocycles. The molecule has 0 saturated heterocycles. The summed E-state index contributed by atoms with van der Waals surface area (Å²) >= 11 is 5.33. The topological polar surface area (TPSA) is 68.8 Å². The standard InChI is InChI=1S/C20H24N2O4S/c1-4-25-18-11-14(9-10-17(18)24-3)13-21-20(27)22-16-8-6-7-15(12-16)19(23)26-5-2/h6-12H,4-5,13H2,1-3H3,(H2,21,22,27).